The van der Waals surface area contributed by atoms with Crippen LogP contribution in [0.15, 0.2) is 60.7 Å². The average molecular weight is 373 g/mol. The Labute approximate surface area is 170 Å². The van der Waals surface area contributed by atoms with E-state index < -0.39 is 0 Å². The van der Waals surface area contributed by atoms with Gasteiger partial charge in [0.1, 0.15) is 6.17 Å². The second kappa shape index (κ2) is 6.27. The van der Waals surface area contributed by atoms with Crippen LogP contribution in [0, 0.1) is 0 Å². The molecule has 2 aliphatic rings. The molecule has 0 aromatic heterocycles. The highest BCUT2D eigenvalue weighted by atomic mass is 15.4. The number of hydrogen-bond acceptors (Lipinski definition) is 2. The molecule has 0 aliphatic carbocycles. The van der Waals surface area contributed by atoms with Gasteiger partial charge >= 0.3 is 0 Å². The van der Waals surface area contributed by atoms with Crippen molar-refractivity contribution in [2.45, 2.75) is 65.7 Å². The van der Waals surface area contributed by atoms with Gasteiger partial charge in [-0.3, -0.25) is 0 Å². The van der Waals surface area contributed by atoms with Crippen LogP contribution in [0.25, 0.3) is 11.1 Å². The third-order valence-electron chi connectivity index (χ3n) is 6.31. The summed E-state index contributed by atoms with van der Waals surface area (Å²) in [5.74, 6) is 0. The van der Waals surface area contributed by atoms with Gasteiger partial charge < -0.3 is 9.80 Å². The summed E-state index contributed by atoms with van der Waals surface area (Å²) in [7, 11) is 0. The summed E-state index contributed by atoms with van der Waals surface area (Å²) in [6.45, 7) is 16.1. The third kappa shape index (κ3) is 2.78. The summed E-state index contributed by atoms with van der Waals surface area (Å²) in [4.78, 5) is 5.17. The van der Waals surface area contributed by atoms with Gasteiger partial charge in [-0.2, -0.15) is 0 Å². The summed E-state index contributed by atoms with van der Waals surface area (Å²) >= 11 is 0. The number of rotatable bonds is 2. The zero-order valence-corrected chi connectivity index (χ0v) is 18.2. The molecule has 2 heteroatoms. The highest BCUT2D eigenvalue weighted by Gasteiger charge is 2.42. The number of benzene rings is 2. The van der Waals surface area contributed by atoms with Crippen LogP contribution in [0.5, 0.6) is 0 Å². The molecule has 0 saturated carbocycles. The number of para-hydroxylation sites is 2. The molecule has 28 heavy (non-hydrogen) atoms. The van der Waals surface area contributed by atoms with Crippen molar-refractivity contribution >= 4 is 22.5 Å². The fraction of sp³-hybridized carbons (Fsp3) is 0.385. The number of nitrogens with zero attached hydrogens (tertiary/aromatic N) is 2. The first-order valence-corrected chi connectivity index (χ1v) is 10.3. The largest absolute Gasteiger partial charge is 0.342 e. The summed E-state index contributed by atoms with van der Waals surface area (Å²) in [6.07, 6.45) is 5.02. The fourth-order valence-corrected chi connectivity index (χ4v) is 5.49. The Bertz CT molecular complexity index is 898. The summed E-state index contributed by atoms with van der Waals surface area (Å²) in [5, 5.41) is 0. The molecule has 2 aromatic rings. The lowest BCUT2D eigenvalue weighted by atomic mass is 9.85. The maximum atomic E-state index is 2.59. The molecule has 0 spiro atoms. The van der Waals surface area contributed by atoms with E-state index in [2.05, 4.69) is 119 Å². The maximum Gasteiger partial charge on any atom is 0.100 e. The molecule has 0 saturated heterocycles. The van der Waals surface area contributed by atoms with E-state index in [4.69, 9.17) is 0 Å². The Hall–Kier alpha value is -2.48. The monoisotopic (exact) mass is 372 g/mol. The van der Waals surface area contributed by atoms with Gasteiger partial charge in [0.15, 0.2) is 0 Å². The van der Waals surface area contributed by atoms with E-state index in [1.54, 1.807) is 0 Å². The molecular weight excluding hydrogens is 340 g/mol. The Morgan fingerprint density at radius 1 is 0.643 bits per heavy atom. The molecule has 146 valence electrons. The van der Waals surface area contributed by atoms with E-state index in [1.807, 2.05) is 0 Å². The van der Waals surface area contributed by atoms with Crippen LogP contribution in [-0.4, -0.2) is 17.2 Å². The van der Waals surface area contributed by atoms with Crippen molar-refractivity contribution in [3.8, 4) is 0 Å². The first-order chi connectivity index (χ1) is 13.1. The molecule has 0 fully saturated rings. The summed E-state index contributed by atoms with van der Waals surface area (Å²) < 4.78 is 0. The van der Waals surface area contributed by atoms with Crippen molar-refractivity contribution < 1.29 is 0 Å². The van der Waals surface area contributed by atoms with Crippen molar-refractivity contribution in [1.29, 1.82) is 0 Å². The van der Waals surface area contributed by atoms with E-state index in [1.165, 1.54) is 33.6 Å². The minimum Gasteiger partial charge on any atom is -0.342 e. The van der Waals surface area contributed by atoms with Crippen LogP contribution in [0.2, 0.25) is 0 Å². The molecule has 2 aliphatic heterocycles. The van der Waals surface area contributed by atoms with Crippen molar-refractivity contribution in [3.05, 3.63) is 71.8 Å². The van der Waals surface area contributed by atoms with Gasteiger partial charge in [0.25, 0.3) is 0 Å². The fourth-order valence-electron chi connectivity index (χ4n) is 5.49. The summed E-state index contributed by atoms with van der Waals surface area (Å²) in [6, 6.07) is 17.6. The van der Waals surface area contributed by atoms with Crippen LogP contribution in [0.3, 0.4) is 0 Å². The minimum atomic E-state index is -0.0704. The lowest BCUT2D eigenvalue weighted by Gasteiger charge is -2.55. The highest BCUT2D eigenvalue weighted by molar-refractivity contribution is 5.84. The van der Waals surface area contributed by atoms with Gasteiger partial charge in [-0.1, -0.05) is 48.6 Å². The van der Waals surface area contributed by atoms with Crippen LogP contribution >= 0.6 is 0 Å². The van der Waals surface area contributed by atoms with E-state index in [0.29, 0.717) is 0 Å². The molecule has 2 aromatic carbocycles. The van der Waals surface area contributed by atoms with Crippen LogP contribution in [-0.2, 0) is 0 Å². The number of fused-ring (bicyclic) bond motifs is 2. The molecule has 0 N–H and O–H groups in total. The van der Waals surface area contributed by atoms with Gasteiger partial charge in [-0.05, 0) is 71.7 Å². The zero-order chi connectivity index (χ0) is 20.3. The summed E-state index contributed by atoms with van der Waals surface area (Å²) in [5.41, 5.74) is 7.89. The minimum absolute atomic E-state index is 0.0704. The van der Waals surface area contributed by atoms with Gasteiger partial charge in [0.2, 0.25) is 0 Å². The Balaban J connectivity index is 1.88. The van der Waals surface area contributed by atoms with Gasteiger partial charge in [0.05, 0.1) is 11.1 Å². The average Bonchev–Trinajstić information content (AvgIpc) is 2.60. The van der Waals surface area contributed by atoms with Gasteiger partial charge in [-0.25, -0.2) is 0 Å². The number of hydrogen-bond donors (Lipinski definition) is 0. The third-order valence-corrected chi connectivity index (χ3v) is 6.31. The molecular formula is C26H32N2. The maximum absolute atomic E-state index is 2.59. The van der Waals surface area contributed by atoms with Crippen molar-refractivity contribution in [1.82, 2.24) is 0 Å². The molecule has 0 radical (unpaired) electrons. The van der Waals surface area contributed by atoms with E-state index in [9.17, 15) is 0 Å². The van der Waals surface area contributed by atoms with Crippen LogP contribution < -0.4 is 9.80 Å². The molecule has 2 heterocycles. The Kier molecular flexibility index (Phi) is 4.22. The predicted molar refractivity (Wildman–Crippen MR) is 123 cm³/mol. The highest BCUT2D eigenvalue weighted by Crippen LogP contribution is 2.45. The first-order valence-electron chi connectivity index (χ1n) is 10.3. The number of allylic oxidation sites excluding steroid dienone is 2. The van der Waals surface area contributed by atoms with Crippen LogP contribution in [0.4, 0.5) is 11.4 Å². The SMILES string of the molecule is CC1=CC(C)(C)N(C(C)N2c3ccccc3C(C)=CC2(C)C)c2ccccc21. The van der Waals surface area contributed by atoms with Crippen LogP contribution in [0.1, 0.15) is 59.6 Å². The topological polar surface area (TPSA) is 6.48 Å². The predicted octanol–water partition coefficient (Wildman–Crippen LogP) is 6.74. The quantitative estimate of drug-likeness (QED) is 0.576. The van der Waals surface area contributed by atoms with E-state index in [-0.39, 0.29) is 17.2 Å². The molecule has 2 nitrogen and oxygen atoms in total. The number of anilines is 2. The van der Waals surface area contributed by atoms with Crippen molar-refractivity contribution in [3.63, 3.8) is 0 Å². The second-order valence-electron chi connectivity index (χ2n) is 9.37. The molecule has 0 bridgehead atoms. The zero-order valence-electron chi connectivity index (χ0n) is 18.2. The lowest BCUT2D eigenvalue weighted by Crippen LogP contribution is -2.62. The van der Waals surface area contributed by atoms with Gasteiger partial charge in [-0.15, -0.1) is 0 Å². The molecule has 0 unspecified atom stereocenters. The second-order valence-corrected chi connectivity index (χ2v) is 9.37. The first kappa shape index (κ1) is 18.9. The molecule has 4 rings (SSSR count). The van der Waals surface area contributed by atoms with Gasteiger partial charge in [0, 0.05) is 22.5 Å². The van der Waals surface area contributed by atoms with E-state index >= 15 is 0 Å². The van der Waals surface area contributed by atoms with Crippen molar-refractivity contribution in [2.24, 2.45) is 0 Å². The standard InChI is InChI=1S/C26H32N2/c1-18-16-25(4,5)27(23-14-10-8-12-21(18)23)20(3)28-24-15-11-9-13-22(24)19(2)17-26(28,6)7/h8-17,20H,1-7H3. The molecule has 0 amide bonds. The Morgan fingerprint density at radius 2 is 1.00 bits per heavy atom. The van der Waals surface area contributed by atoms with Crippen molar-refractivity contribution in [2.75, 3.05) is 9.80 Å². The molecule has 0 atom stereocenters. The normalized spacial score (nSPS) is 19.7. The van der Waals surface area contributed by atoms with E-state index in [0.717, 1.165) is 0 Å². The lowest BCUT2D eigenvalue weighted by molar-refractivity contribution is 0.417. The Morgan fingerprint density at radius 3 is 1.39 bits per heavy atom. The smallest absolute Gasteiger partial charge is 0.100 e.